The van der Waals surface area contributed by atoms with Crippen LogP contribution in [0, 0.1) is 5.41 Å². The summed E-state index contributed by atoms with van der Waals surface area (Å²) in [5, 5.41) is 11.2. The number of nitrogens with one attached hydrogen (secondary N) is 3. The Balaban J connectivity index is 2.29. The first-order chi connectivity index (χ1) is 6.84. The van der Waals surface area contributed by atoms with E-state index in [0.717, 1.165) is 0 Å². The number of aliphatic imine (C=N–C) groups is 1. The molecule has 0 aliphatic rings. The van der Waals surface area contributed by atoms with Crippen LogP contribution in [-0.4, -0.2) is 26.9 Å². The molecule has 3 N–H and O–H groups in total. The maximum Gasteiger partial charge on any atom is 0.236 e. The van der Waals surface area contributed by atoms with Crippen molar-refractivity contribution in [2.75, 3.05) is 0 Å². The zero-order chi connectivity index (χ0) is 10.2. The van der Waals surface area contributed by atoms with E-state index in [1.54, 1.807) is 18.6 Å². The van der Waals surface area contributed by atoms with Gasteiger partial charge in [-0.2, -0.15) is 9.78 Å². The summed E-state index contributed by atoms with van der Waals surface area (Å²) in [6.45, 7) is 1.81. The summed E-state index contributed by atoms with van der Waals surface area (Å²) in [5.41, 5.74) is 5.23. The fourth-order valence-corrected chi connectivity index (χ4v) is 0.657. The minimum absolute atomic E-state index is 0.0765. The maximum atomic E-state index is 7.44. The standard InChI is InChI=1S/C7H11N7/c1-2-9-3-4-11-13-7(8)14-6-10-5-12-14/h2-6,11H,1H3,(H2,8,13)/b4-3?,9-2-. The number of hydrogen-bond donors (Lipinski definition) is 3. The van der Waals surface area contributed by atoms with Gasteiger partial charge >= 0.3 is 0 Å². The van der Waals surface area contributed by atoms with E-state index >= 15 is 0 Å². The van der Waals surface area contributed by atoms with Crippen molar-refractivity contribution in [3.05, 3.63) is 25.1 Å². The van der Waals surface area contributed by atoms with Crippen LogP contribution < -0.4 is 10.9 Å². The predicted molar refractivity (Wildman–Crippen MR) is 52.7 cm³/mol. The van der Waals surface area contributed by atoms with Gasteiger partial charge in [-0.3, -0.25) is 15.8 Å². The Kier molecular flexibility index (Phi) is 3.86. The molecule has 0 saturated carbocycles. The quantitative estimate of drug-likeness (QED) is 0.349. The van der Waals surface area contributed by atoms with Crippen molar-refractivity contribution < 1.29 is 0 Å². The maximum absolute atomic E-state index is 7.44. The van der Waals surface area contributed by atoms with E-state index in [2.05, 4.69) is 25.9 Å². The van der Waals surface area contributed by atoms with Crippen LogP contribution in [0.2, 0.25) is 0 Å². The van der Waals surface area contributed by atoms with E-state index in [-0.39, 0.29) is 5.96 Å². The normalized spacial score (nSPS) is 10.9. The molecule has 0 aromatic carbocycles. The molecular formula is C7H11N7. The molecule has 0 aliphatic carbocycles. The van der Waals surface area contributed by atoms with Crippen LogP contribution in [-0.2, 0) is 0 Å². The molecular weight excluding hydrogens is 182 g/mol. The first-order valence-corrected chi connectivity index (χ1v) is 3.92. The highest BCUT2D eigenvalue weighted by atomic mass is 15.5. The second-order valence-corrected chi connectivity index (χ2v) is 2.18. The fourth-order valence-electron chi connectivity index (χ4n) is 0.657. The molecule has 0 radical (unpaired) electrons. The molecule has 0 atom stereocenters. The largest absolute Gasteiger partial charge is 0.304 e. The summed E-state index contributed by atoms with van der Waals surface area (Å²) >= 11 is 0. The molecule has 1 heterocycles. The minimum atomic E-state index is 0.0765. The van der Waals surface area contributed by atoms with Gasteiger partial charge in [0.15, 0.2) is 0 Å². The highest BCUT2D eigenvalue weighted by Gasteiger charge is 1.95. The lowest BCUT2D eigenvalue weighted by molar-refractivity contribution is 0.748. The Morgan fingerprint density at radius 3 is 3.14 bits per heavy atom. The lowest BCUT2D eigenvalue weighted by atomic mass is 10.8. The van der Waals surface area contributed by atoms with Crippen molar-refractivity contribution in [3.8, 4) is 0 Å². The molecule has 0 unspecified atom stereocenters. The third-order valence-corrected chi connectivity index (χ3v) is 1.23. The van der Waals surface area contributed by atoms with Gasteiger partial charge in [0.05, 0.1) is 0 Å². The first kappa shape index (κ1) is 9.90. The summed E-state index contributed by atoms with van der Waals surface area (Å²) in [6, 6.07) is 0. The van der Waals surface area contributed by atoms with E-state index in [1.807, 2.05) is 6.92 Å². The van der Waals surface area contributed by atoms with Crippen LogP contribution in [0.4, 0.5) is 0 Å². The monoisotopic (exact) mass is 193 g/mol. The Morgan fingerprint density at radius 1 is 1.64 bits per heavy atom. The molecule has 1 aromatic rings. The van der Waals surface area contributed by atoms with Crippen molar-refractivity contribution in [1.82, 2.24) is 25.6 Å². The van der Waals surface area contributed by atoms with Gasteiger partial charge in [-0.25, -0.2) is 4.98 Å². The second kappa shape index (κ2) is 5.46. The molecule has 74 valence electrons. The van der Waals surface area contributed by atoms with E-state index in [9.17, 15) is 0 Å². The van der Waals surface area contributed by atoms with Gasteiger partial charge in [0, 0.05) is 18.6 Å². The summed E-state index contributed by atoms with van der Waals surface area (Å²) in [6.07, 6.45) is 7.55. The molecule has 7 heteroatoms. The van der Waals surface area contributed by atoms with E-state index in [0.29, 0.717) is 0 Å². The molecule has 14 heavy (non-hydrogen) atoms. The van der Waals surface area contributed by atoms with Crippen LogP contribution in [0.25, 0.3) is 0 Å². The lowest BCUT2D eigenvalue weighted by Crippen LogP contribution is -2.37. The number of rotatable bonds is 3. The molecule has 0 spiro atoms. The van der Waals surface area contributed by atoms with Gasteiger partial charge in [-0.15, -0.1) is 0 Å². The van der Waals surface area contributed by atoms with E-state index < -0.39 is 0 Å². The van der Waals surface area contributed by atoms with Crippen molar-refractivity contribution in [2.45, 2.75) is 6.92 Å². The molecule has 1 rings (SSSR count). The Bertz CT molecular complexity index is 324. The van der Waals surface area contributed by atoms with Gasteiger partial charge < -0.3 is 5.43 Å². The molecule has 0 aliphatic heterocycles. The molecule has 0 saturated heterocycles. The van der Waals surface area contributed by atoms with Crippen LogP contribution in [0.5, 0.6) is 0 Å². The first-order valence-electron chi connectivity index (χ1n) is 3.92. The Hall–Kier alpha value is -2.18. The number of hydrazine groups is 1. The molecule has 1 aromatic heterocycles. The fraction of sp³-hybridized carbons (Fsp3) is 0.143. The van der Waals surface area contributed by atoms with Gasteiger partial charge in [-0.1, -0.05) is 0 Å². The average Bonchev–Trinajstić information content (AvgIpc) is 2.70. The topological polar surface area (TPSA) is 91.0 Å². The highest BCUT2D eigenvalue weighted by molar-refractivity contribution is 5.77. The minimum Gasteiger partial charge on any atom is -0.304 e. The lowest BCUT2D eigenvalue weighted by Gasteiger charge is -2.04. The van der Waals surface area contributed by atoms with Crippen LogP contribution in [0.3, 0.4) is 0 Å². The van der Waals surface area contributed by atoms with Crippen molar-refractivity contribution in [3.63, 3.8) is 0 Å². The zero-order valence-electron chi connectivity index (χ0n) is 7.68. The van der Waals surface area contributed by atoms with Crippen molar-refractivity contribution in [2.24, 2.45) is 4.99 Å². The van der Waals surface area contributed by atoms with Crippen molar-refractivity contribution >= 4 is 12.2 Å². The van der Waals surface area contributed by atoms with Crippen LogP contribution >= 0.6 is 0 Å². The SMILES string of the molecule is C/C=N\C=CNNC(=N)n1cncn1. The second-order valence-electron chi connectivity index (χ2n) is 2.18. The van der Waals surface area contributed by atoms with Crippen LogP contribution in [0.1, 0.15) is 6.92 Å². The summed E-state index contributed by atoms with van der Waals surface area (Å²) in [5.74, 6) is 0.0765. The predicted octanol–water partition coefficient (Wildman–Crippen LogP) is -0.283. The van der Waals surface area contributed by atoms with Gasteiger partial charge in [-0.05, 0) is 6.92 Å². The molecule has 0 amide bonds. The highest BCUT2D eigenvalue weighted by Crippen LogP contribution is 1.75. The van der Waals surface area contributed by atoms with Crippen molar-refractivity contribution in [1.29, 1.82) is 5.41 Å². The van der Waals surface area contributed by atoms with E-state index in [1.165, 1.54) is 17.3 Å². The number of nitrogens with zero attached hydrogens (tertiary/aromatic N) is 4. The third-order valence-electron chi connectivity index (χ3n) is 1.23. The Labute approximate surface area is 81.0 Å². The zero-order valence-corrected chi connectivity index (χ0v) is 7.68. The van der Waals surface area contributed by atoms with Gasteiger partial charge in [0.2, 0.25) is 5.96 Å². The summed E-state index contributed by atoms with van der Waals surface area (Å²) in [4.78, 5) is 7.52. The summed E-state index contributed by atoms with van der Waals surface area (Å²) < 4.78 is 1.28. The average molecular weight is 193 g/mol. The Morgan fingerprint density at radius 2 is 2.50 bits per heavy atom. The number of hydrogen-bond acceptors (Lipinski definition) is 5. The smallest absolute Gasteiger partial charge is 0.236 e. The van der Waals surface area contributed by atoms with Gasteiger partial charge in [0.1, 0.15) is 12.7 Å². The van der Waals surface area contributed by atoms with E-state index in [4.69, 9.17) is 5.41 Å². The third kappa shape index (κ3) is 3.05. The summed E-state index contributed by atoms with van der Waals surface area (Å²) in [7, 11) is 0. The number of aromatic nitrogens is 3. The van der Waals surface area contributed by atoms with Gasteiger partial charge in [0.25, 0.3) is 0 Å². The molecule has 0 bridgehead atoms. The molecule has 7 nitrogen and oxygen atoms in total. The molecule has 0 fully saturated rings. The van der Waals surface area contributed by atoms with Crippen LogP contribution in [0.15, 0.2) is 30.0 Å².